The Morgan fingerprint density at radius 3 is 2.55 bits per heavy atom. The van der Waals surface area contributed by atoms with Gasteiger partial charge < -0.3 is 9.64 Å². The van der Waals surface area contributed by atoms with Crippen LogP contribution in [0.5, 0.6) is 0 Å². The van der Waals surface area contributed by atoms with E-state index in [1.165, 1.54) is 17.2 Å². The summed E-state index contributed by atoms with van der Waals surface area (Å²) in [6.45, 7) is 4.53. The van der Waals surface area contributed by atoms with Crippen molar-refractivity contribution in [2.45, 2.75) is 39.0 Å². The van der Waals surface area contributed by atoms with E-state index in [2.05, 4.69) is 35.2 Å². The molecule has 3 aliphatic rings. The van der Waals surface area contributed by atoms with Gasteiger partial charge in [-0.2, -0.15) is 0 Å². The highest BCUT2D eigenvalue weighted by Gasteiger charge is 2.47. The van der Waals surface area contributed by atoms with E-state index in [0.717, 1.165) is 62.2 Å². The van der Waals surface area contributed by atoms with Crippen molar-refractivity contribution in [1.82, 2.24) is 4.90 Å². The highest BCUT2D eigenvalue weighted by atomic mass is 35.5. The van der Waals surface area contributed by atoms with Crippen molar-refractivity contribution in [2.24, 2.45) is 11.3 Å². The lowest BCUT2D eigenvalue weighted by atomic mass is 9.62. The molecule has 44 heavy (non-hydrogen) atoms. The fourth-order valence-corrected chi connectivity index (χ4v) is 7.27. The number of esters is 1. The van der Waals surface area contributed by atoms with E-state index in [-0.39, 0.29) is 23.3 Å². The summed E-state index contributed by atoms with van der Waals surface area (Å²) >= 11 is 6.62. The molecule has 0 unspecified atom stereocenters. The molecule has 3 aromatic rings. The van der Waals surface area contributed by atoms with Crippen LogP contribution in [-0.4, -0.2) is 48.9 Å². The molecule has 7 heteroatoms. The predicted molar refractivity (Wildman–Crippen MR) is 173 cm³/mol. The number of para-hydroxylation sites is 1. The van der Waals surface area contributed by atoms with Crippen LogP contribution in [0.1, 0.15) is 54.1 Å². The molecule has 0 N–H and O–H groups in total. The molecule has 3 aromatic carbocycles. The maximum absolute atomic E-state index is 13.7. The van der Waals surface area contributed by atoms with Gasteiger partial charge in [0.25, 0.3) is 11.8 Å². The molecule has 2 fully saturated rings. The van der Waals surface area contributed by atoms with E-state index < -0.39 is 17.8 Å². The van der Waals surface area contributed by atoms with E-state index in [0.29, 0.717) is 16.5 Å². The van der Waals surface area contributed by atoms with Gasteiger partial charge in [0.2, 0.25) is 0 Å². The second-order valence-electron chi connectivity index (χ2n) is 12.2. The third-order valence-corrected chi connectivity index (χ3v) is 9.55. The summed E-state index contributed by atoms with van der Waals surface area (Å²) in [6.07, 6.45) is 8.63. The van der Waals surface area contributed by atoms with Gasteiger partial charge in [-0.25, -0.2) is 9.69 Å². The Balaban J connectivity index is 1.26. The second-order valence-corrected chi connectivity index (χ2v) is 12.6. The lowest BCUT2D eigenvalue weighted by Crippen LogP contribution is -2.53. The maximum atomic E-state index is 13.7. The van der Waals surface area contributed by atoms with Crippen molar-refractivity contribution >= 4 is 41.1 Å². The normalized spacial score (nSPS) is 22.8. The van der Waals surface area contributed by atoms with E-state index in [4.69, 9.17) is 16.3 Å². The molecule has 6 rings (SSSR count). The number of carbonyl (C=O) groups is 3. The Labute approximate surface area is 264 Å². The van der Waals surface area contributed by atoms with E-state index >= 15 is 0 Å². The molecule has 0 aromatic heterocycles. The van der Waals surface area contributed by atoms with Gasteiger partial charge in [-0.1, -0.05) is 90.3 Å². The minimum absolute atomic E-state index is 0.202. The zero-order valence-corrected chi connectivity index (χ0v) is 25.8. The van der Waals surface area contributed by atoms with Crippen LogP contribution in [0.2, 0.25) is 5.02 Å². The van der Waals surface area contributed by atoms with Crippen LogP contribution in [0.3, 0.4) is 0 Å². The van der Waals surface area contributed by atoms with Gasteiger partial charge in [0, 0.05) is 35.2 Å². The fraction of sp³-hybridized carbons (Fsp3) is 0.324. The topological polar surface area (TPSA) is 66.9 Å². The number of anilines is 1. The van der Waals surface area contributed by atoms with Crippen LogP contribution in [0.4, 0.5) is 5.69 Å². The molecule has 2 heterocycles. The number of aryl methyl sites for hydroxylation is 1. The predicted octanol–water partition coefficient (Wildman–Crippen LogP) is 7.13. The second kappa shape index (κ2) is 12.9. The summed E-state index contributed by atoms with van der Waals surface area (Å²) in [5.41, 5.74) is 4.03. The van der Waals surface area contributed by atoms with Crippen molar-refractivity contribution < 1.29 is 19.1 Å². The van der Waals surface area contributed by atoms with Crippen LogP contribution in [0, 0.1) is 11.3 Å². The van der Waals surface area contributed by atoms with Crippen molar-refractivity contribution in [1.29, 1.82) is 0 Å². The standard InChI is InChI=1S/C37H37ClN2O4/c1-26-21-34(41)40(35(26)42)33-18-8-6-16-30(33)36(43)44-25-37-19-9-15-29(31(37)22-28-14-5-7-17-32(28)38)23-39(24-37)20-10-13-27-11-3-2-4-12-27/h2-8,11-12,14,16-18,21-22,29H,9-10,13,15,19-20,23-25H2,1H3/t29-,37+/m1/s1. The first-order valence-electron chi connectivity index (χ1n) is 15.4. The van der Waals surface area contributed by atoms with Crippen molar-refractivity contribution in [3.05, 3.63) is 118 Å². The molecular weight excluding hydrogens is 572 g/mol. The summed E-state index contributed by atoms with van der Waals surface area (Å²) in [4.78, 5) is 42.7. The molecule has 1 aliphatic carbocycles. The van der Waals surface area contributed by atoms with Crippen molar-refractivity contribution in [3.8, 4) is 0 Å². The molecule has 6 nitrogen and oxygen atoms in total. The fourth-order valence-electron chi connectivity index (χ4n) is 7.08. The number of benzene rings is 3. The summed E-state index contributed by atoms with van der Waals surface area (Å²) in [5, 5.41) is 0.702. The van der Waals surface area contributed by atoms with Gasteiger partial charge in [0.05, 0.1) is 11.3 Å². The Hall–Kier alpha value is -4.00. The molecule has 2 bridgehead atoms. The molecular formula is C37H37ClN2O4. The number of imide groups is 1. The van der Waals surface area contributed by atoms with Crippen LogP contribution in [-0.2, 0) is 20.7 Å². The first-order valence-corrected chi connectivity index (χ1v) is 15.8. The number of nitrogens with zero attached hydrogens (tertiary/aromatic N) is 2. The molecule has 2 aliphatic heterocycles. The number of hydrogen-bond donors (Lipinski definition) is 0. The van der Waals surface area contributed by atoms with Crippen LogP contribution in [0.15, 0.2) is 96.1 Å². The summed E-state index contributed by atoms with van der Waals surface area (Å²) < 4.78 is 6.16. The Morgan fingerprint density at radius 1 is 1.02 bits per heavy atom. The average molecular weight is 609 g/mol. The quantitative estimate of drug-likeness (QED) is 0.191. The van der Waals surface area contributed by atoms with Crippen LogP contribution >= 0.6 is 11.6 Å². The molecule has 0 spiro atoms. The summed E-state index contributed by atoms with van der Waals surface area (Å²) in [7, 11) is 0. The zero-order valence-electron chi connectivity index (χ0n) is 25.0. The molecule has 2 amide bonds. The number of rotatable bonds is 9. The van der Waals surface area contributed by atoms with Gasteiger partial charge >= 0.3 is 5.97 Å². The number of likely N-dealkylation sites (tertiary alicyclic amines) is 1. The number of hydrogen-bond acceptors (Lipinski definition) is 5. The maximum Gasteiger partial charge on any atom is 0.340 e. The van der Waals surface area contributed by atoms with E-state index in [9.17, 15) is 14.4 Å². The third-order valence-electron chi connectivity index (χ3n) is 9.21. The number of fused-ring (bicyclic) bond motifs is 2. The number of piperidine rings is 1. The molecule has 1 saturated carbocycles. The number of halogens is 1. The van der Waals surface area contributed by atoms with Crippen LogP contribution < -0.4 is 4.90 Å². The van der Waals surface area contributed by atoms with E-state index in [1.54, 1.807) is 31.2 Å². The average Bonchev–Trinajstić information content (AvgIpc) is 3.28. The summed E-state index contributed by atoms with van der Waals surface area (Å²) in [5.74, 6) is -1.08. The molecule has 0 radical (unpaired) electrons. The smallest absolute Gasteiger partial charge is 0.340 e. The minimum Gasteiger partial charge on any atom is -0.461 e. The van der Waals surface area contributed by atoms with Gasteiger partial charge in [-0.3, -0.25) is 9.59 Å². The lowest BCUT2D eigenvalue weighted by Gasteiger charge is -2.51. The highest BCUT2D eigenvalue weighted by molar-refractivity contribution is 6.32. The van der Waals surface area contributed by atoms with Gasteiger partial charge in [-0.05, 0) is 74.4 Å². The number of ether oxygens (including phenoxy) is 1. The minimum atomic E-state index is -0.541. The monoisotopic (exact) mass is 608 g/mol. The Bertz CT molecular complexity index is 1630. The third kappa shape index (κ3) is 6.15. The molecule has 1 saturated heterocycles. The van der Waals surface area contributed by atoms with E-state index in [1.807, 2.05) is 30.3 Å². The Morgan fingerprint density at radius 2 is 1.77 bits per heavy atom. The Kier molecular flexibility index (Phi) is 8.83. The van der Waals surface area contributed by atoms with Crippen LogP contribution in [0.25, 0.3) is 6.08 Å². The molecule has 2 atom stereocenters. The lowest BCUT2D eigenvalue weighted by molar-refractivity contribution is -0.120. The largest absolute Gasteiger partial charge is 0.461 e. The van der Waals surface area contributed by atoms with Gasteiger partial charge in [-0.15, -0.1) is 0 Å². The first-order chi connectivity index (χ1) is 21.3. The first kappa shape index (κ1) is 30.0. The SMILES string of the molecule is CC1=CC(=O)N(c2ccccc2C(=O)OC[C@]23CCC[C@H](CN(CCCc4ccccc4)C2)C3=Cc2ccccc2Cl)C1=O. The van der Waals surface area contributed by atoms with Crippen molar-refractivity contribution in [2.75, 3.05) is 31.1 Å². The van der Waals surface area contributed by atoms with Gasteiger partial charge in [0.1, 0.15) is 6.61 Å². The highest BCUT2D eigenvalue weighted by Crippen LogP contribution is 2.50. The van der Waals surface area contributed by atoms with Crippen molar-refractivity contribution in [3.63, 3.8) is 0 Å². The zero-order chi connectivity index (χ0) is 30.7. The van der Waals surface area contributed by atoms with Gasteiger partial charge in [0.15, 0.2) is 0 Å². The number of amides is 2. The molecule has 226 valence electrons. The number of carbonyl (C=O) groups excluding carboxylic acids is 3. The summed E-state index contributed by atoms with van der Waals surface area (Å²) in [6, 6.07) is 25.1.